The first kappa shape index (κ1) is 19.4. The van der Waals surface area contributed by atoms with Crippen LogP contribution in [-0.4, -0.2) is 43.5 Å². The fourth-order valence-electron chi connectivity index (χ4n) is 2.93. The van der Waals surface area contributed by atoms with Crippen LogP contribution in [0.2, 0.25) is 0 Å². The lowest BCUT2D eigenvalue weighted by Gasteiger charge is -2.17. The van der Waals surface area contributed by atoms with Crippen LogP contribution in [0.1, 0.15) is 43.9 Å². The van der Waals surface area contributed by atoms with Crippen LogP contribution >= 0.6 is 15.9 Å². The molecule has 2 rings (SSSR count). The number of aliphatic hydroxyl groups is 2. The Labute approximate surface area is 149 Å². The summed E-state index contributed by atoms with van der Waals surface area (Å²) in [4.78, 5) is 24.9. The number of rotatable bonds is 8. The molecule has 2 heterocycles. The van der Waals surface area contributed by atoms with Crippen LogP contribution in [0, 0.1) is 6.92 Å². The van der Waals surface area contributed by atoms with Crippen molar-refractivity contribution in [3.63, 3.8) is 0 Å². The lowest BCUT2D eigenvalue weighted by atomic mass is 10.2. The fraction of sp³-hybridized carbons (Fsp3) is 0.750. The third-order valence-electron chi connectivity index (χ3n) is 4.33. The summed E-state index contributed by atoms with van der Waals surface area (Å²) in [5, 5.41) is 20.0. The molecular formula is C16H25BrN2O5. The second kappa shape index (κ2) is 8.94. The molecule has 2 N–H and O–H groups in total. The Kier molecular flexibility index (Phi) is 7.21. The van der Waals surface area contributed by atoms with Crippen molar-refractivity contribution < 1.29 is 14.9 Å². The van der Waals surface area contributed by atoms with Gasteiger partial charge in [0.05, 0.1) is 12.7 Å². The van der Waals surface area contributed by atoms with Crippen molar-refractivity contribution in [2.75, 3.05) is 11.9 Å². The molecule has 1 aromatic heterocycles. The number of hydrogen-bond donors (Lipinski definition) is 2. The van der Waals surface area contributed by atoms with E-state index in [2.05, 4.69) is 15.9 Å². The highest BCUT2D eigenvalue weighted by Crippen LogP contribution is 2.27. The van der Waals surface area contributed by atoms with Gasteiger partial charge in [0.15, 0.2) is 0 Å². The normalized spacial score (nSPS) is 23.8. The summed E-state index contributed by atoms with van der Waals surface area (Å²) < 4.78 is 8.14. The van der Waals surface area contributed by atoms with Gasteiger partial charge in [-0.05, 0) is 19.8 Å². The molecule has 1 aliphatic rings. The minimum atomic E-state index is -0.822. The zero-order valence-corrected chi connectivity index (χ0v) is 15.4. The molecule has 0 unspecified atom stereocenters. The predicted octanol–water partition coefficient (Wildman–Crippen LogP) is 0.914. The molecule has 1 saturated heterocycles. The molecule has 0 saturated carbocycles. The van der Waals surface area contributed by atoms with Crippen LogP contribution in [0.3, 0.4) is 0 Å². The Hall–Kier alpha value is -0.960. The Balaban J connectivity index is 2.19. The second-order valence-electron chi connectivity index (χ2n) is 6.18. The van der Waals surface area contributed by atoms with Crippen molar-refractivity contribution >= 4 is 15.9 Å². The van der Waals surface area contributed by atoms with Gasteiger partial charge in [-0.25, -0.2) is 4.79 Å². The van der Waals surface area contributed by atoms with E-state index in [9.17, 15) is 19.8 Å². The van der Waals surface area contributed by atoms with Crippen molar-refractivity contribution in [2.45, 2.75) is 64.0 Å². The maximum Gasteiger partial charge on any atom is 0.333 e. The Bertz CT molecular complexity index is 657. The molecular weight excluding hydrogens is 380 g/mol. The first-order chi connectivity index (χ1) is 11.5. The quantitative estimate of drug-likeness (QED) is 0.496. The molecule has 0 radical (unpaired) electrons. The molecule has 136 valence electrons. The van der Waals surface area contributed by atoms with Gasteiger partial charge in [-0.2, -0.15) is 0 Å². The molecule has 1 aromatic rings. The molecule has 0 amide bonds. The fourth-order valence-corrected chi connectivity index (χ4v) is 3.33. The summed E-state index contributed by atoms with van der Waals surface area (Å²) in [5.41, 5.74) is -0.253. The highest BCUT2D eigenvalue weighted by atomic mass is 79.9. The summed E-state index contributed by atoms with van der Waals surface area (Å²) in [6, 6.07) is 0. The molecule has 0 spiro atoms. The van der Waals surface area contributed by atoms with Crippen LogP contribution in [0.5, 0.6) is 0 Å². The van der Waals surface area contributed by atoms with E-state index < -0.39 is 24.1 Å². The standard InChI is InChI=1S/C16H25BrN2O5/c1-11-9-19(14-8-12(21)13(10-20)24-14)16(23)18(15(11)22)7-5-3-2-4-6-17/h9,12-14,20-21H,2-8,10H2,1H3/t12-,13+,14+/m0/s1. The van der Waals surface area contributed by atoms with Crippen LogP contribution in [-0.2, 0) is 11.3 Å². The first-order valence-electron chi connectivity index (χ1n) is 8.32. The topological polar surface area (TPSA) is 93.7 Å². The first-order valence-corrected chi connectivity index (χ1v) is 9.44. The zero-order chi connectivity index (χ0) is 17.7. The van der Waals surface area contributed by atoms with Gasteiger partial charge in [-0.15, -0.1) is 0 Å². The largest absolute Gasteiger partial charge is 0.394 e. The SMILES string of the molecule is Cc1cn([C@H]2C[C@H](O)[C@@H](CO)O2)c(=O)n(CCCCCCBr)c1=O. The third-order valence-corrected chi connectivity index (χ3v) is 4.89. The summed E-state index contributed by atoms with van der Waals surface area (Å²) in [6.45, 7) is 1.73. The van der Waals surface area contributed by atoms with Crippen molar-refractivity contribution in [3.8, 4) is 0 Å². The van der Waals surface area contributed by atoms with Gasteiger partial charge in [-0.1, -0.05) is 28.8 Å². The van der Waals surface area contributed by atoms with Crippen LogP contribution in [0.4, 0.5) is 0 Å². The van der Waals surface area contributed by atoms with Crippen molar-refractivity contribution in [2.24, 2.45) is 0 Å². The molecule has 0 aliphatic carbocycles. The van der Waals surface area contributed by atoms with Crippen molar-refractivity contribution in [1.29, 1.82) is 0 Å². The van der Waals surface area contributed by atoms with Gasteiger partial charge in [0.2, 0.25) is 0 Å². The van der Waals surface area contributed by atoms with Crippen molar-refractivity contribution in [3.05, 3.63) is 32.6 Å². The van der Waals surface area contributed by atoms with E-state index >= 15 is 0 Å². The lowest BCUT2D eigenvalue weighted by molar-refractivity contribution is -0.0464. The highest BCUT2D eigenvalue weighted by molar-refractivity contribution is 9.09. The highest BCUT2D eigenvalue weighted by Gasteiger charge is 2.35. The maximum atomic E-state index is 12.6. The number of hydrogen-bond acceptors (Lipinski definition) is 5. The van der Waals surface area contributed by atoms with Gasteiger partial charge in [-0.3, -0.25) is 13.9 Å². The van der Waals surface area contributed by atoms with Crippen LogP contribution < -0.4 is 11.2 Å². The van der Waals surface area contributed by atoms with Crippen molar-refractivity contribution in [1.82, 2.24) is 9.13 Å². The molecule has 1 aliphatic heterocycles. The summed E-state index contributed by atoms with van der Waals surface area (Å²) in [6.07, 6.45) is 3.35. The molecule has 0 aromatic carbocycles. The van der Waals surface area contributed by atoms with E-state index in [1.54, 1.807) is 6.92 Å². The van der Waals surface area contributed by atoms with E-state index in [-0.39, 0.29) is 18.6 Å². The third kappa shape index (κ3) is 4.36. The predicted molar refractivity (Wildman–Crippen MR) is 93.6 cm³/mol. The number of ether oxygens (including phenoxy) is 1. The van der Waals surface area contributed by atoms with Gasteiger partial charge >= 0.3 is 5.69 Å². The van der Waals surface area contributed by atoms with Gasteiger partial charge in [0.1, 0.15) is 12.3 Å². The van der Waals surface area contributed by atoms with Gasteiger partial charge in [0, 0.05) is 30.1 Å². The van der Waals surface area contributed by atoms with E-state index in [0.29, 0.717) is 12.1 Å². The van der Waals surface area contributed by atoms with Crippen LogP contribution in [0.25, 0.3) is 0 Å². The van der Waals surface area contributed by atoms with E-state index in [1.165, 1.54) is 15.3 Å². The van der Waals surface area contributed by atoms with E-state index in [4.69, 9.17) is 4.74 Å². The molecule has 0 bridgehead atoms. The molecule has 1 fully saturated rings. The number of unbranched alkanes of at least 4 members (excludes halogenated alkanes) is 3. The summed E-state index contributed by atoms with van der Waals surface area (Å²) in [5.74, 6) is 0. The summed E-state index contributed by atoms with van der Waals surface area (Å²) >= 11 is 3.38. The molecule has 8 heteroatoms. The minimum Gasteiger partial charge on any atom is -0.394 e. The molecule has 7 nitrogen and oxygen atoms in total. The molecule has 3 atom stereocenters. The number of nitrogens with zero attached hydrogens (tertiary/aromatic N) is 2. The monoisotopic (exact) mass is 404 g/mol. The average Bonchev–Trinajstić information content (AvgIpc) is 2.94. The Morgan fingerprint density at radius 2 is 2.00 bits per heavy atom. The Morgan fingerprint density at radius 1 is 1.29 bits per heavy atom. The molecule has 24 heavy (non-hydrogen) atoms. The number of aromatic nitrogens is 2. The van der Waals surface area contributed by atoms with E-state index in [1.807, 2.05) is 0 Å². The van der Waals surface area contributed by atoms with Crippen LogP contribution in [0.15, 0.2) is 15.8 Å². The Morgan fingerprint density at radius 3 is 2.62 bits per heavy atom. The number of alkyl halides is 1. The summed E-state index contributed by atoms with van der Waals surface area (Å²) in [7, 11) is 0. The maximum absolute atomic E-state index is 12.6. The minimum absolute atomic E-state index is 0.216. The zero-order valence-electron chi connectivity index (χ0n) is 13.9. The second-order valence-corrected chi connectivity index (χ2v) is 6.97. The number of halogens is 1. The average molecular weight is 405 g/mol. The lowest BCUT2D eigenvalue weighted by Crippen LogP contribution is -2.42. The van der Waals surface area contributed by atoms with E-state index in [0.717, 1.165) is 31.0 Å². The van der Waals surface area contributed by atoms with Gasteiger partial charge in [0.25, 0.3) is 5.56 Å². The number of aliphatic hydroxyl groups excluding tert-OH is 2. The smallest absolute Gasteiger partial charge is 0.333 e. The van der Waals surface area contributed by atoms with Gasteiger partial charge < -0.3 is 14.9 Å². The number of aryl methyl sites for hydroxylation is 1.